The Bertz CT molecular complexity index is 1070. The van der Waals surface area contributed by atoms with Gasteiger partial charge in [0, 0.05) is 18.3 Å². The summed E-state index contributed by atoms with van der Waals surface area (Å²) in [5, 5.41) is 3.91. The third-order valence-electron chi connectivity index (χ3n) is 5.49. The fraction of sp³-hybridized carbons (Fsp3) is 0.400. The summed E-state index contributed by atoms with van der Waals surface area (Å²) in [5.74, 6) is 0.516. The van der Waals surface area contributed by atoms with Gasteiger partial charge in [-0.2, -0.15) is 0 Å². The fourth-order valence-electron chi connectivity index (χ4n) is 4.11. The summed E-state index contributed by atoms with van der Waals surface area (Å²) < 4.78 is 3.38. The van der Waals surface area contributed by atoms with E-state index in [9.17, 15) is 9.59 Å². The maximum Gasteiger partial charge on any atom is 0.274 e. The van der Waals surface area contributed by atoms with Crippen LogP contribution in [0.15, 0.2) is 39.9 Å². The van der Waals surface area contributed by atoms with Crippen molar-refractivity contribution in [2.24, 2.45) is 5.92 Å². The van der Waals surface area contributed by atoms with Crippen LogP contribution in [0.4, 0.5) is 0 Å². The van der Waals surface area contributed by atoms with Gasteiger partial charge in [-0.3, -0.25) is 19.4 Å². The van der Waals surface area contributed by atoms with Crippen molar-refractivity contribution in [3.05, 3.63) is 61.8 Å². The number of rotatable bonds is 3. The van der Waals surface area contributed by atoms with E-state index in [1.54, 1.807) is 21.4 Å². The Kier molecular flexibility index (Phi) is 4.49. The van der Waals surface area contributed by atoms with Gasteiger partial charge in [-0.05, 0) is 37.8 Å². The minimum Gasteiger partial charge on any atom is -0.312 e. The van der Waals surface area contributed by atoms with Crippen LogP contribution in [0, 0.1) is 12.8 Å². The van der Waals surface area contributed by atoms with Gasteiger partial charge in [0.1, 0.15) is 0 Å². The molecule has 0 saturated heterocycles. The van der Waals surface area contributed by atoms with E-state index in [1.807, 2.05) is 25.1 Å². The Morgan fingerprint density at radius 2 is 1.88 bits per heavy atom. The molecule has 0 amide bonds. The van der Waals surface area contributed by atoms with Gasteiger partial charge >= 0.3 is 0 Å². The van der Waals surface area contributed by atoms with E-state index >= 15 is 0 Å². The van der Waals surface area contributed by atoms with Crippen LogP contribution < -0.4 is 11.1 Å². The first kappa shape index (κ1) is 17.2. The number of aromatic amines is 1. The molecule has 1 fully saturated rings. The number of aryl methyl sites for hydroxylation is 1. The summed E-state index contributed by atoms with van der Waals surface area (Å²) >= 11 is 6.28. The maximum absolute atomic E-state index is 12.8. The molecule has 1 aromatic carbocycles. The van der Waals surface area contributed by atoms with Gasteiger partial charge in [0.25, 0.3) is 11.1 Å². The first-order chi connectivity index (χ1) is 12.6. The van der Waals surface area contributed by atoms with E-state index in [0.717, 1.165) is 18.5 Å². The molecule has 6 heteroatoms. The van der Waals surface area contributed by atoms with Crippen molar-refractivity contribution in [3.63, 3.8) is 0 Å². The highest BCUT2D eigenvalue weighted by Gasteiger charge is 2.20. The zero-order valence-corrected chi connectivity index (χ0v) is 15.6. The molecule has 0 aliphatic heterocycles. The number of fused-ring (bicyclic) bond motifs is 1. The summed E-state index contributed by atoms with van der Waals surface area (Å²) in [5.41, 5.74) is 1.69. The molecule has 0 radical (unpaired) electrons. The van der Waals surface area contributed by atoms with Crippen LogP contribution in [0.5, 0.6) is 0 Å². The molecule has 0 spiro atoms. The van der Waals surface area contributed by atoms with Crippen LogP contribution >= 0.6 is 11.6 Å². The predicted molar refractivity (Wildman–Crippen MR) is 104 cm³/mol. The quantitative estimate of drug-likeness (QED) is 0.755. The zero-order valence-electron chi connectivity index (χ0n) is 14.8. The van der Waals surface area contributed by atoms with Gasteiger partial charge in [-0.15, -0.1) is 0 Å². The van der Waals surface area contributed by atoms with E-state index in [1.165, 1.54) is 19.3 Å². The summed E-state index contributed by atoms with van der Waals surface area (Å²) in [6.45, 7) is 2.55. The van der Waals surface area contributed by atoms with Crippen LogP contribution in [0.3, 0.4) is 0 Å². The fourth-order valence-corrected chi connectivity index (χ4v) is 4.33. The van der Waals surface area contributed by atoms with Gasteiger partial charge in [-0.1, -0.05) is 43.0 Å². The number of aromatic nitrogens is 3. The number of pyridine rings is 1. The second-order valence-corrected chi connectivity index (χ2v) is 7.58. The molecule has 136 valence electrons. The Balaban J connectivity index is 1.86. The molecule has 2 aromatic heterocycles. The van der Waals surface area contributed by atoms with E-state index in [2.05, 4.69) is 5.10 Å². The third-order valence-corrected chi connectivity index (χ3v) is 5.81. The first-order valence-corrected chi connectivity index (χ1v) is 9.54. The SMILES string of the molecule is Cc1c2c(=O)[nH]n(-c3ccccc3Cl)c2cc(=O)n1CC1CCCCC1. The number of nitrogens with one attached hydrogen (secondary N) is 1. The molecule has 3 aromatic rings. The molecule has 1 saturated carbocycles. The molecule has 1 N–H and O–H groups in total. The first-order valence-electron chi connectivity index (χ1n) is 9.16. The lowest BCUT2D eigenvalue weighted by atomic mass is 9.89. The predicted octanol–water partition coefficient (Wildman–Crippen LogP) is 4.02. The van der Waals surface area contributed by atoms with Gasteiger partial charge in [-0.25, -0.2) is 0 Å². The highest BCUT2D eigenvalue weighted by atomic mass is 35.5. The number of halogens is 1. The Labute approximate surface area is 156 Å². The molecule has 0 bridgehead atoms. The summed E-state index contributed by atoms with van der Waals surface area (Å²) in [4.78, 5) is 25.4. The lowest BCUT2D eigenvalue weighted by molar-refractivity contribution is 0.314. The van der Waals surface area contributed by atoms with Crippen molar-refractivity contribution in [1.29, 1.82) is 0 Å². The largest absolute Gasteiger partial charge is 0.312 e. The monoisotopic (exact) mass is 371 g/mol. The van der Waals surface area contributed by atoms with Gasteiger partial charge in [0.2, 0.25) is 0 Å². The van der Waals surface area contributed by atoms with Crippen LogP contribution in [0.1, 0.15) is 37.8 Å². The van der Waals surface area contributed by atoms with E-state index in [4.69, 9.17) is 11.6 Å². The van der Waals surface area contributed by atoms with E-state index in [-0.39, 0.29) is 11.1 Å². The minimum absolute atomic E-state index is 0.0691. The zero-order chi connectivity index (χ0) is 18.3. The number of hydrogen-bond acceptors (Lipinski definition) is 2. The van der Waals surface area contributed by atoms with Crippen LogP contribution in [0.2, 0.25) is 5.02 Å². The molecule has 1 aliphatic rings. The lowest BCUT2D eigenvalue weighted by Gasteiger charge is -2.23. The van der Waals surface area contributed by atoms with Gasteiger partial charge in [0.15, 0.2) is 0 Å². The van der Waals surface area contributed by atoms with Crippen LogP contribution in [-0.2, 0) is 6.54 Å². The average Bonchev–Trinajstić information content (AvgIpc) is 2.96. The Hall–Kier alpha value is -2.27. The van der Waals surface area contributed by atoms with Crippen molar-refractivity contribution < 1.29 is 0 Å². The molecule has 2 heterocycles. The maximum atomic E-state index is 12.8. The second-order valence-electron chi connectivity index (χ2n) is 7.17. The van der Waals surface area contributed by atoms with Crippen molar-refractivity contribution in [3.8, 4) is 5.69 Å². The molecule has 0 unspecified atom stereocenters. The van der Waals surface area contributed by atoms with Crippen molar-refractivity contribution in [2.45, 2.75) is 45.6 Å². The topological polar surface area (TPSA) is 59.8 Å². The van der Waals surface area contributed by atoms with Gasteiger partial charge in [0.05, 0.1) is 21.6 Å². The van der Waals surface area contributed by atoms with Gasteiger partial charge < -0.3 is 4.57 Å². The van der Waals surface area contributed by atoms with Crippen molar-refractivity contribution >= 4 is 22.5 Å². The molecular formula is C20H22ClN3O2. The van der Waals surface area contributed by atoms with E-state index < -0.39 is 0 Å². The number of nitrogens with zero attached hydrogens (tertiary/aromatic N) is 2. The summed E-state index contributed by atoms with van der Waals surface area (Å²) in [6, 6.07) is 8.81. The molecule has 0 atom stereocenters. The number of hydrogen-bond donors (Lipinski definition) is 1. The number of para-hydroxylation sites is 1. The normalized spacial score (nSPS) is 15.6. The smallest absolute Gasteiger partial charge is 0.274 e. The lowest BCUT2D eigenvalue weighted by Crippen LogP contribution is -2.27. The van der Waals surface area contributed by atoms with Crippen molar-refractivity contribution in [1.82, 2.24) is 14.3 Å². The van der Waals surface area contributed by atoms with E-state index in [0.29, 0.717) is 34.1 Å². The van der Waals surface area contributed by atoms with Crippen LogP contribution in [0.25, 0.3) is 16.6 Å². The molecule has 4 rings (SSSR count). The Morgan fingerprint density at radius 3 is 2.62 bits per heavy atom. The highest BCUT2D eigenvalue weighted by molar-refractivity contribution is 6.32. The molecular weight excluding hydrogens is 350 g/mol. The number of H-pyrrole nitrogens is 1. The molecule has 26 heavy (non-hydrogen) atoms. The number of benzene rings is 1. The average molecular weight is 372 g/mol. The van der Waals surface area contributed by atoms with Crippen molar-refractivity contribution in [2.75, 3.05) is 0 Å². The standard InChI is InChI=1S/C20H22ClN3O2/c1-13-19-17(11-18(25)23(13)12-14-7-3-2-4-8-14)24(22-20(19)26)16-10-6-5-9-15(16)21/h5-6,9-11,14H,2-4,7-8,12H2,1H3,(H,22,26). The summed E-state index contributed by atoms with van der Waals surface area (Å²) in [7, 11) is 0. The Morgan fingerprint density at radius 1 is 1.15 bits per heavy atom. The molecule has 5 nitrogen and oxygen atoms in total. The second kappa shape index (κ2) is 6.80. The summed E-state index contributed by atoms with van der Waals surface area (Å²) in [6.07, 6.45) is 6.04. The highest BCUT2D eigenvalue weighted by Crippen LogP contribution is 2.26. The van der Waals surface area contributed by atoms with Crippen LogP contribution in [-0.4, -0.2) is 14.3 Å². The molecule has 1 aliphatic carbocycles. The third kappa shape index (κ3) is 2.90. The minimum atomic E-state index is -0.199.